The molecule has 0 spiro atoms. The number of halogens is 2. The number of para-hydroxylation sites is 1. The van der Waals surface area contributed by atoms with E-state index in [1.807, 2.05) is 0 Å². The lowest BCUT2D eigenvalue weighted by molar-refractivity contribution is 0.0987. The van der Waals surface area contributed by atoms with Crippen LogP contribution in [0.25, 0.3) is 0 Å². The van der Waals surface area contributed by atoms with Crippen molar-refractivity contribution in [2.75, 3.05) is 7.11 Å². The number of rotatable bonds is 3. The maximum atomic E-state index is 13.4. The molecule has 1 unspecified atom stereocenters. The van der Waals surface area contributed by atoms with E-state index in [2.05, 4.69) is 0 Å². The van der Waals surface area contributed by atoms with Crippen LogP contribution >= 0.6 is 11.6 Å². The molecule has 2 rings (SSSR count). The zero-order chi connectivity index (χ0) is 14.0. The van der Waals surface area contributed by atoms with Gasteiger partial charge in [-0.25, -0.2) is 4.39 Å². The van der Waals surface area contributed by atoms with Crippen molar-refractivity contribution >= 4 is 11.6 Å². The monoisotopic (exact) mass is 280 g/mol. The van der Waals surface area contributed by atoms with Gasteiger partial charge in [0.25, 0.3) is 0 Å². The van der Waals surface area contributed by atoms with Gasteiger partial charge in [0.15, 0.2) is 0 Å². The molecule has 1 N–H and O–H groups in total. The summed E-state index contributed by atoms with van der Waals surface area (Å²) < 4.78 is 18.6. The second-order valence-corrected chi connectivity index (χ2v) is 4.80. The minimum Gasteiger partial charge on any atom is -0.496 e. The van der Waals surface area contributed by atoms with E-state index in [4.69, 9.17) is 16.3 Å². The van der Waals surface area contributed by atoms with Gasteiger partial charge in [-0.2, -0.15) is 0 Å². The predicted octanol–water partition coefficient (Wildman–Crippen LogP) is 3.74. The van der Waals surface area contributed by atoms with Crippen LogP contribution in [-0.2, 0) is 5.60 Å². The quantitative estimate of drug-likeness (QED) is 0.928. The number of hydrogen-bond acceptors (Lipinski definition) is 2. The van der Waals surface area contributed by atoms with E-state index >= 15 is 0 Å². The highest BCUT2D eigenvalue weighted by molar-refractivity contribution is 6.31. The molecule has 0 aliphatic carbocycles. The lowest BCUT2D eigenvalue weighted by Gasteiger charge is -2.27. The molecule has 100 valence electrons. The van der Waals surface area contributed by atoms with Crippen LogP contribution < -0.4 is 4.74 Å². The summed E-state index contributed by atoms with van der Waals surface area (Å²) in [5.41, 5.74) is -0.602. The first-order chi connectivity index (χ1) is 8.96. The summed E-state index contributed by atoms with van der Waals surface area (Å²) in [5.74, 6) is 0.0717. The van der Waals surface area contributed by atoms with Gasteiger partial charge in [-0.15, -0.1) is 0 Å². The van der Waals surface area contributed by atoms with E-state index in [1.54, 1.807) is 31.2 Å². The summed E-state index contributed by atoms with van der Waals surface area (Å²) in [6.07, 6.45) is 0. The third-order valence-electron chi connectivity index (χ3n) is 3.08. The number of benzene rings is 2. The first-order valence-electron chi connectivity index (χ1n) is 5.78. The summed E-state index contributed by atoms with van der Waals surface area (Å²) in [6.45, 7) is 1.56. The lowest BCUT2D eigenvalue weighted by Crippen LogP contribution is -2.24. The van der Waals surface area contributed by atoms with Crippen LogP contribution in [0.1, 0.15) is 18.1 Å². The van der Waals surface area contributed by atoms with Gasteiger partial charge < -0.3 is 9.84 Å². The maximum absolute atomic E-state index is 13.4. The molecule has 0 heterocycles. The van der Waals surface area contributed by atoms with Crippen LogP contribution in [0, 0.1) is 5.82 Å². The topological polar surface area (TPSA) is 29.5 Å². The van der Waals surface area contributed by atoms with Crippen molar-refractivity contribution in [2.24, 2.45) is 0 Å². The van der Waals surface area contributed by atoms with Crippen molar-refractivity contribution in [1.82, 2.24) is 0 Å². The molecule has 0 fully saturated rings. The molecule has 19 heavy (non-hydrogen) atoms. The highest BCUT2D eigenvalue weighted by atomic mass is 35.5. The zero-order valence-electron chi connectivity index (χ0n) is 10.7. The number of ether oxygens (including phenoxy) is 1. The van der Waals surface area contributed by atoms with Gasteiger partial charge in [0.2, 0.25) is 0 Å². The molecule has 0 saturated heterocycles. The molecule has 4 heteroatoms. The Labute approximate surface area is 116 Å². The fourth-order valence-electron chi connectivity index (χ4n) is 2.06. The van der Waals surface area contributed by atoms with Crippen molar-refractivity contribution in [3.05, 3.63) is 64.4 Å². The fourth-order valence-corrected chi connectivity index (χ4v) is 2.36. The van der Waals surface area contributed by atoms with Crippen LogP contribution in [0.3, 0.4) is 0 Å². The molecule has 0 aliphatic heterocycles. The molecule has 0 amide bonds. The molecule has 2 aromatic carbocycles. The Hall–Kier alpha value is -1.58. The van der Waals surface area contributed by atoms with Crippen LogP contribution in [0.5, 0.6) is 5.75 Å². The second kappa shape index (κ2) is 5.19. The smallest absolute Gasteiger partial charge is 0.125 e. The summed E-state index contributed by atoms with van der Waals surface area (Å²) in [7, 11) is 1.52. The summed E-state index contributed by atoms with van der Waals surface area (Å²) >= 11 is 6.06. The molecule has 0 aromatic heterocycles. The molecular formula is C15H14ClFO2. The molecule has 0 radical (unpaired) electrons. The van der Waals surface area contributed by atoms with Crippen molar-refractivity contribution in [3.63, 3.8) is 0 Å². The van der Waals surface area contributed by atoms with Gasteiger partial charge in [-0.05, 0) is 31.2 Å². The third kappa shape index (κ3) is 2.57. The standard InChI is InChI=1S/C15H14ClFO2/c1-15(18,11-5-3-4-6-14(11)19-2)12-9-10(17)7-8-13(12)16/h3-9,18H,1-2H3. The first kappa shape index (κ1) is 13.8. The van der Waals surface area contributed by atoms with Gasteiger partial charge in [0.1, 0.15) is 17.2 Å². The number of methoxy groups -OCH3 is 1. The van der Waals surface area contributed by atoms with Gasteiger partial charge in [-0.3, -0.25) is 0 Å². The average Bonchev–Trinajstić information content (AvgIpc) is 2.41. The minimum absolute atomic E-state index is 0.303. The minimum atomic E-state index is -1.44. The van der Waals surface area contributed by atoms with Crippen molar-refractivity contribution in [3.8, 4) is 5.75 Å². The third-order valence-corrected chi connectivity index (χ3v) is 3.41. The van der Waals surface area contributed by atoms with Crippen LogP contribution in [0.4, 0.5) is 4.39 Å². The fraction of sp³-hybridized carbons (Fsp3) is 0.200. The predicted molar refractivity (Wildman–Crippen MR) is 73.1 cm³/mol. The van der Waals surface area contributed by atoms with Gasteiger partial charge in [0, 0.05) is 16.1 Å². The van der Waals surface area contributed by atoms with Crippen molar-refractivity contribution in [1.29, 1.82) is 0 Å². The van der Waals surface area contributed by atoms with Gasteiger partial charge in [0.05, 0.1) is 7.11 Å². The maximum Gasteiger partial charge on any atom is 0.125 e. The molecule has 0 bridgehead atoms. The van der Waals surface area contributed by atoms with Crippen molar-refractivity contribution in [2.45, 2.75) is 12.5 Å². The van der Waals surface area contributed by atoms with Gasteiger partial charge in [-0.1, -0.05) is 29.8 Å². The van der Waals surface area contributed by atoms with Crippen molar-refractivity contribution < 1.29 is 14.2 Å². The van der Waals surface area contributed by atoms with Gasteiger partial charge >= 0.3 is 0 Å². The highest BCUT2D eigenvalue weighted by Crippen LogP contribution is 2.38. The number of hydrogen-bond donors (Lipinski definition) is 1. The second-order valence-electron chi connectivity index (χ2n) is 4.40. The van der Waals surface area contributed by atoms with Crippen LogP contribution in [0.2, 0.25) is 5.02 Å². The molecule has 0 aliphatic rings. The molecule has 2 aromatic rings. The summed E-state index contributed by atoms with van der Waals surface area (Å²) in [4.78, 5) is 0. The van der Waals surface area contributed by atoms with E-state index in [0.717, 1.165) is 0 Å². The van der Waals surface area contributed by atoms with E-state index in [9.17, 15) is 9.50 Å². The van der Waals surface area contributed by atoms with E-state index in [1.165, 1.54) is 25.3 Å². The van der Waals surface area contributed by atoms with E-state index < -0.39 is 11.4 Å². The normalized spacial score (nSPS) is 13.9. The van der Waals surface area contributed by atoms with Crippen LogP contribution in [-0.4, -0.2) is 12.2 Å². The summed E-state index contributed by atoms with van der Waals surface area (Å²) in [6, 6.07) is 10.9. The lowest BCUT2D eigenvalue weighted by atomic mass is 9.87. The molecule has 0 saturated carbocycles. The average molecular weight is 281 g/mol. The zero-order valence-corrected chi connectivity index (χ0v) is 11.4. The van der Waals surface area contributed by atoms with Crippen LogP contribution in [0.15, 0.2) is 42.5 Å². The Morgan fingerprint density at radius 3 is 2.53 bits per heavy atom. The Morgan fingerprint density at radius 1 is 1.16 bits per heavy atom. The largest absolute Gasteiger partial charge is 0.496 e. The van der Waals surface area contributed by atoms with E-state index in [0.29, 0.717) is 21.9 Å². The Bertz CT molecular complexity index is 596. The SMILES string of the molecule is COc1ccccc1C(C)(O)c1cc(F)ccc1Cl. The highest BCUT2D eigenvalue weighted by Gasteiger charge is 2.31. The van der Waals surface area contributed by atoms with E-state index in [-0.39, 0.29) is 0 Å². The molecule has 1 atom stereocenters. The Kier molecular flexibility index (Phi) is 3.78. The number of aliphatic hydroxyl groups is 1. The summed E-state index contributed by atoms with van der Waals surface area (Å²) in [5, 5.41) is 11.0. The molecule has 2 nitrogen and oxygen atoms in total. The first-order valence-corrected chi connectivity index (χ1v) is 6.16. The Morgan fingerprint density at radius 2 is 1.84 bits per heavy atom. The Balaban J connectivity index is 2.61. The molecular weight excluding hydrogens is 267 g/mol.